The largest absolute Gasteiger partial charge is 0.292 e. The van der Waals surface area contributed by atoms with Crippen molar-refractivity contribution in [3.63, 3.8) is 0 Å². The zero-order valence-corrected chi connectivity index (χ0v) is 12.5. The van der Waals surface area contributed by atoms with Crippen molar-refractivity contribution in [3.8, 4) is 17.3 Å². The number of aromatic amines is 1. The number of H-pyrrole nitrogens is 1. The van der Waals surface area contributed by atoms with E-state index in [1.165, 1.54) is 0 Å². The molecule has 0 bridgehead atoms. The number of nitriles is 1. The molecule has 2 aromatic carbocycles. The van der Waals surface area contributed by atoms with Crippen LogP contribution in [0, 0.1) is 11.3 Å². The van der Waals surface area contributed by atoms with Crippen molar-refractivity contribution in [1.82, 2.24) is 9.97 Å². The number of nitrogens with one attached hydrogen (secondary N) is 2. The fourth-order valence-electron chi connectivity index (χ4n) is 2.21. The van der Waals surface area contributed by atoms with Crippen LogP contribution in [0.15, 0.2) is 65.5 Å². The standard InChI is InChI=1S/C18H12N4O2/c19-11-14-15(12-7-3-1-4-8-12)20-18(22-17(14)24)21-16(23)13-9-5-2-6-10-13/h1-10H,(H2,20,21,22,23,24). The summed E-state index contributed by atoms with van der Waals surface area (Å²) in [7, 11) is 0. The second kappa shape index (κ2) is 6.58. The molecule has 0 aliphatic heterocycles. The van der Waals surface area contributed by atoms with E-state index < -0.39 is 11.5 Å². The fraction of sp³-hybridized carbons (Fsp3) is 0. The molecule has 6 heteroatoms. The number of amides is 1. The Labute approximate surface area is 137 Å². The highest BCUT2D eigenvalue weighted by atomic mass is 16.2. The Morgan fingerprint density at radius 2 is 1.67 bits per heavy atom. The van der Waals surface area contributed by atoms with E-state index in [1.807, 2.05) is 12.1 Å². The van der Waals surface area contributed by atoms with Gasteiger partial charge in [0.25, 0.3) is 11.5 Å². The summed E-state index contributed by atoms with van der Waals surface area (Å²) < 4.78 is 0. The second-order valence-electron chi connectivity index (χ2n) is 4.94. The highest BCUT2D eigenvalue weighted by Gasteiger charge is 2.14. The Morgan fingerprint density at radius 1 is 1.04 bits per heavy atom. The number of nitrogens with zero attached hydrogens (tertiary/aromatic N) is 2. The quantitative estimate of drug-likeness (QED) is 0.775. The monoisotopic (exact) mass is 316 g/mol. The molecule has 1 amide bonds. The Morgan fingerprint density at radius 3 is 2.29 bits per heavy atom. The van der Waals surface area contributed by atoms with Crippen LogP contribution in [0.2, 0.25) is 0 Å². The number of hydrogen-bond donors (Lipinski definition) is 2. The summed E-state index contributed by atoms with van der Waals surface area (Å²) in [6.07, 6.45) is 0. The molecule has 3 rings (SSSR count). The Hall–Kier alpha value is -3.72. The summed E-state index contributed by atoms with van der Waals surface area (Å²) in [5.41, 5.74) is 0.583. The van der Waals surface area contributed by atoms with Gasteiger partial charge in [-0.2, -0.15) is 5.26 Å². The number of carbonyl (C=O) groups excluding carboxylic acids is 1. The first kappa shape index (κ1) is 15.2. The summed E-state index contributed by atoms with van der Waals surface area (Å²) >= 11 is 0. The number of anilines is 1. The maximum Gasteiger partial charge on any atom is 0.270 e. The second-order valence-corrected chi connectivity index (χ2v) is 4.94. The molecule has 1 heterocycles. The van der Waals surface area contributed by atoms with Gasteiger partial charge in [-0.1, -0.05) is 48.5 Å². The lowest BCUT2D eigenvalue weighted by Crippen LogP contribution is -2.20. The van der Waals surface area contributed by atoms with Crippen molar-refractivity contribution in [1.29, 1.82) is 5.26 Å². The maximum absolute atomic E-state index is 12.2. The van der Waals surface area contributed by atoms with Gasteiger partial charge in [-0.25, -0.2) is 4.98 Å². The zero-order valence-electron chi connectivity index (χ0n) is 12.5. The van der Waals surface area contributed by atoms with Gasteiger partial charge in [0.05, 0.1) is 5.69 Å². The van der Waals surface area contributed by atoms with E-state index >= 15 is 0 Å². The molecule has 1 aromatic heterocycles. The van der Waals surface area contributed by atoms with Gasteiger partial charge >= 0.3 is 0 Å². The van der Waals surface area contributed by atoms with Gasteiger partial charge in [-0.05, 0) is 12.1 Å². The van der Waals surface area contributed by atoms with Crippen LogP contribution < -0.4 is 10.9 Å². The SMILES string of the molecule is N#Cc1c(-c2ccccc2)nc(NC(=O)c2ccccc2)[nH]c1=O. The molecule has 0 saturated carbocycles. The zero-order chi connectivity index (χ0) is 16.9. The fourth-order valence-corrected chi connectivity index (χ4v) is 2.21. The highest BCUT2D eigenvalue weighted by Crippen LogP contribution is 2.19. The van der Waals surface area contributed by atoms with Crippen LogP contribution in [0.5, 0.6) is 0 Å². The Kier molecular flexibility index (Phi) is 4.17. The van der Waals surface area contributed by atoms with Crippen LogP contribution in [0.4, 0.5) is 5.95 Å². The molecule has 116 valence electrons. The molecule has 0 aliphatic carbocycles. The Balaban J connectivity index is 2.02. The van der Waals surface area contributed by atoms with E-state index in [1.54, 1.807) is 54.6 Å². The van der Waals surface area contributed by atoms with Crippen molar-refractivity contribution < 1.29 is 4.79 Å². The summed E-state index contributed by atoms with van der Waals surface area (Å²) in [5.74, 6) is -0.408. The maximum atomic E-state index is 12.2. The van der Waals surface area contributed by atoms with Crippen molar-refractivity contribution in [2.75, 3.05) is 5.32 Å². The van der Waals surface area contributed by atoms with E-state index in [0.29, 0.717) is 11.1 Å². The van der Waals surface area contributed by atoms with Crippen molar-refractivity contribution in [2.45, 2.75) is 0 Å². The third-order valence-corrected chi connectivity index (χ3v) is 3.35. The molecule has 0 fully saturated rings. The minimum Gasteiger partial charge on any atom is -0.292 e. The highest BCUT2D eigenvalue weighted by molar-refractivity contribution is 6.03. The van der Waals surface area contributed by atoms with Gasteiger partial charge in [0, 0.05) is 11.1 Å². The lowest BCUT2D eigenvalue weighted by molar-refractivity contribution is 0.102. The van der Waals surface area contributed by atoms with Gasteiger partial charge in [0.1, 0.15) is 11.6 Å². The molecule has 0 atom stereocenters. The van der Waals surface area contributed by atoms with E-state index in [4.69, 9.17) is 0 Å². The number of rotatable bonds is 3. The van der Waals surface area contributed by atoms with Gasteiger partial charge in [-0.15, -0.1) is 0 Å². The number of aromatic nitrogens is 2. The van der Waals surface area contributed by atoms with E-state index in [-0.39, 0.29) is 17.2 Å². The normalized spacial score (nSPS) is 9.96. The molecular weight excluding hydrogens is 304 g/mol. The van der Waals surface area contributed by atoms with Crippen LogP contribution in [0.3, 0.4) is 0 Å². The first-order valence-corrected chi connectivity index (χ1v) is 7.15. The predicted octanol–water partition coefficient (Wildman–Crippen LogP) is 2.56. The molecule has 24 heavy (non-hydrogen) atoms. The van der Waals surface area contributed by atoms with Crippen LogP contribution in [0.25, 0.3) is 11.3 Å². The lowest BCUT2D eigenvalue weighted by atomic mass is 10.1. The van der Waals surface area contributed by atoms with Crippen molar-refractivity contribution in [2.24, 2.45) is 0 Å². The predicted molar refractivity (Wildman–Crippen MR) is 89.4 cm³/mol. The Bertz CT molecular complexity index is 973. The first-order valence-electron chi connectivity index (χ1n) is 7.15. The molecule has 0 saturated heterocycles. The van der Waals surface area contributed by atoms with Crippen molar-refractivity contribution in [3.05, 3.63) is 82.1 Å². The average Bonchev–Trinajstić information content (AvgIpc) is 2.62. The smallest absolute Gasteiger partial charge is 0.270 e. The summed E-state index contributed by atoms with van der Waals surface area (Å²) in [6, 6.07) is 19.3. The topological polar surface area (TPSA) is 98.6 Å². The summed E-state index contributed by atoms with van der Waals surface area (Å²) in [4.78, 5) is 30.9. The third-order valence-electron chi connectivity index (χ3n) is 3.35. The minimum atomic E-state index is -0.602. The number of carbonyl (C=O) groups is 1. The summed E-state index contributed by atoms with van der Waals surface area (Å²) in [5, 5.41) is 11.8. The molecule has 0 radical (unpaired) electrons. The molecule has 0 aliphatic rings. The van der Waals surface area contributed by atoms with E-state index in [0.717, 1.165) is 0 Å². The van der Waals surface area contributed by atoms with Crippen LogP contribution in [0.1, 0.15) is 15.9 Å². The van der Waals surface area contributed by atoms with E-state index in [9.17, 15) is 14.9 Å². The van der Waals surface area contributed by atoms with Gasteiger partial charge in [-0.3, -0.25) is 19.9 Å². The van der Waals surface area contributed by atoms with Crippen LogP contribution in [-0.2, 0) is 0 Å². The lowest BCUT2D eigenvalue weighted by Gasteiger charge is -2.08. The average molecular weight is 316 g/mol. The molecular formula is C18H12N4O2. The summed E-state index contributed by atoms with van der Waals surface area (Å²) in [6.45, 7) is 0. The van der Waals surface area contributed by atoms with Crippen molar-refractivity contribution >= 4 is 11.9 Å². The first-order chi connectivity index (χ1) is 11.7. The van der Waals surface area contributed by atoms with Gasteiger partial charge < -0.3 is 0 Å². The molecule has 3 aromatic rings. The van der Waals surface area contributed by atoms with Gasteiger partial charge in [0.2, 0.25) is 5.95 Å². The van der Waals surface area contributed by atoms with Crippen LogP contribution >= 0.6 is 0 Å². The third kappa shape index (κ3) is 3.05. The number of hydrogen-bond acceptors (Lipinski definition) is 4. The molecule has 2 N–H and O–H groups in total. The molecule has 0 unspecified atom stereocenters. The van der Waals surface area contributed by atoms with Crippen LogP contribution in [-0.4, -0.2) is 15.9 Å². The molecule has 6 nitrogen and oxygen atoms in total. The number of benzene rings is 2. The minimum absolute atomic E-state index is 0.00768. The van der Waals surface area contributed by atoms with Gasteiger partial charge in [0.15, 0.2) is 0 Å². The molecule has 0 spiro atoms. The van der Waals surface area contributed by atoms with E-state index in [2.05, 4.69) is 15.3 Å².